The van der Waals surface area contributed by atoms with Gasteiger partial charge in [-0.05, 0) is 52.2 Å². The van der Waals surface area contributed by atoms with Crippen LogP contribution >= 0.6 is 0 Å². The van der Waals surface area contributed by atoms with E-state index in [0.29, 0.717) is 35.9 Å². The first-order valence-corrected chi connectivity index (χ1v) is 10.1. The number of hydrogen-bond donors (Lipinski definition) is 3. The van der Waals surface area contributed by atoms with Crippen molar-refractivity contribution in [3.05, 3.63) is 54.1 Å². The van der Waals surface area contributed by atoms with E-state index in [1.807, 2.05) is 36.4 Å². The molecule has 2 atom stereocenters. The number of benzene rings is 3. The average Bonchev–Trinajstić information content (AvgIpc) is 3.21. The molecule has 1 heterocycles. The van der Waals surface area contributed by atoms with Gasteiger partial charge in [0, 0.05) is 18.7 Å². The second-order valence-corrected chi connectivity index (χ2v) is 7.50. The van der Waals surface area contributed by atoms with Gasteiger partial charge < -0.3 is 30.0 Å². The fraction of sp³-hybridized carbons (Fsp3) is 0.292. The van der Waals surface area contributed by atoms with Gasteiger partial charge in [0.2, 0.25) is 5.75 Å². The first-order chi connectivity index (χ1) is 15.0. The Bertz CT molecular complexity index is 1090. The number of aliphatic hydroxyl groups is 1. The molecule has 1 amide bonds. The molecular formula is C24H26N2O5. The predicted octanol–water partition coefficient (Wildman–Crippen LogP) is 2.60. The molecule has 3 aromatic carbocycles. The highest BCUT2D eigenvalue weighted by Gasteiger charge is 2.26. The summed E-state index contributed by atoms with van der Waals surface area (Å²) in [5.41, 5.74) is 2.48. The normalized spacial score (nSPS) is 18.1. The van der Waals surface area contributed by atoms with Gasteiger partial charge in [0.15, 0.2) is 11.5 Å². The molecule has 7 nitrogen and oxygen atoms in total. The van der Waals surface area contributed by atoms with Crippen molar-refractivity contribution in [2.24, 2.45) is 0 Å². The number of β-amino-alcohol motifs (C(OH)–C–C–N with tert-alkyl or cyclic N) is 1. The minimum atomic E-state index is -0.564. The lowest BCUT2D eigenvalue weighted by Crippen LogP contribution is -2.42. The van der Waals surface area contributed by atoms with E-state index in [4.69, 9.17) is 14.2 Å². The van der Waals surface area contributed by atoms with E-state index < -0.39 is 6.10 Å². The van der Waals surface area contributed by atoms with E-state index in [0.717, 1.165) is 21.9 Å². The third-order valence-corrected chi connectivity index (χ3v) is 5.60. The number of fused-ring (bicyclic) bond motifs is 1. The number of amides is 1. The predicted molar refractivity (Wildman–Crippen MR) is 119 cm³/mol. The van der Waals surface area contributed by atoms with Crippen LogP contribution in [-0.4, -0.2) is 57.6 Å². The summed E-state index contributed by atoms with van der Waals surface area (Å²) in [4.78, 5) is 12.6. The molecule has 0 spiro atoms. The van der Waals surface area contributed by atoms with E-state index >= 15 is 0 Å². The standard InChI is InChI=1S/C24H26N2O5/c1-29-21-10-18(11-22(30-2)23(21)31-3)16-5-4-15-9-17(7-6-14(15)8-16)24(28)26-19-12-25-13-20(19)27/h4-11,19-20,25,27H,12-13H2,1-3H3,(H,26,28)/t19-,20+/m0/s1. The van der Waals surface area contributed by atoms with Crippen LogP contribution in [0.2, 0.25) is 0 Å². The van der Waals surface area contributed by atoms with E-state index in [1.54, 1.807) is 27.4 Å². The molecule has 1 saturated heterocycles. The van der Waals surface area contributed by atoms with Crippen LogP contribution in [0.25, 0.3) is 21.9 Å². The van der Waals surface area contributed by atoms with Gasteiger partial charge >= 0.3 is 0 Å². The number of ether oxygens (including phenoxy) is 3. The Morgan fingerprint density at radius 2 is 1.58 bits per heavy atom. The summed E-state index contributed by atoms with van der Waals surface area (Å²) in [6.45, 7) is 1.06. The molecule has 3 aromatic rings. The number of nitrogens with one attached hydrogen (secondary N) is 2. The summed E-state index contributed by atoms with van der Waals surface area (Å²) >= 11 is 0. The maximum Gasteiger partial charge on any atom is 0.251 e. The van der Waals surface area contributed by atoms with Crippen molar-refractivity contribution in [1.82, 2.24) is 10.6 Å². The number of aliphatic hydroxyl groups excluding tert-OH is 1. The Morgan fingerprint density at radius 3 is 2.19 bits per heavy atom. The SMILES string of the molecule is COc1cc(-c2ccc3cc(C(=O)N[C@H]4CNC[C@H]4O)ccc3c2)cc(OC)c1OC. The van der Waals surface area contributed by atoms with Gasteiger partial charge in [-0.25, -0.2) is 0 Å². The van der Waals surface area contributed by atoms with Crippen molar-refractivity contribution in [2.75, 3.05) is 34.4 Å². The molecule has 0 saturated carbocycles. The second-order valence-electron chi connectivity index (χ2n) is 7.50. The topological polar surface area (TPSA) is 89.1 Å². The average molecular weight is 422 g/mol. The Hall–Kier alpha value is -3.29. The minimum Gasteiger partial charge on any atom is -0.493 e. The minimum absolute atomic E-state index is 0.191. The van der Waals surface area contributed by atoms with Crippen molar-refractivity contribution < 1.29 is 24.1 Å². The summed E-state index contributed by atoms with van der Waals surface area (Å²) < 4.78 is 16.3. The highest BCUT2D eigenvalue weighted by atomic mass is 16.5. The van der Waals surface area contributed by atoms with Crippen molar-refractivity contribution in [3.63, 3.8) is 0 Å². The number of methoxy groups -OCH3 is 3. The first-order valence-electron chi connectivity index (χ1n) is 10.1. The maximum absolute atomic E-state index is 12.6. The molecule has 0 bridgehead atoms. The molecule has 0 unspecified atom stereocenters. The highest BCUT2D eigenvalue weighted by Crippen LogP contribution is 2.41. The van der Waals surface area contributed by atoms with Crippen molar-refractivity contribution >= 4 is 16.7 Å². The lowest BCUT2D eigenvalue weighted by atomic mass is 9.99. The smallest absolute Gasteiger partial charge is 0.251 e. The molecule has 3 N–H and O–H groups in total. The Balaban J connectivity index is 1.63. The van der Waals surface area contributed by atoms with Gasteiger partial charge in [-0.2, -0.15) is 0 Å². The van der Waals surface area contributed by atoms with Gasteiger partial charge in [-0.15, -0.1) is 0 Å². The molecule has 7 heteroatoms. The molecule has 1 aliphatic heterocycles. The van der Waals surface area contributed by atoms with E-state index in [2.05, 4.69) is 16.7 Å². The Labute approximate surface area is 180 Å². The summed E-state index contributed by atoms with van der Waals surface area (Å²) in [5.74, 6) is 1.54. The van der Waals surface area contributed by atoms with Crippen LogP contribution in [0.3, 0.4) is 0 Å². The summed E-state index contributed by atoms with van der Waals surface area (Å²) in [7, 11) is 4.76. The van der Waals surface area contributed by atoms with Crippen LogP contribution in [0.15, 0.2) is 48.5 Å². The Kier molecular flexibility index (Phi) is 5.97. The van der Waals surface area contributed by atoms with Gasteiger partial charge in [-0.1, -0.05) is 18.2 Å². The summed E-state index contributed by atoms with van der Waals surface area (Å²) in [5, 5.41) is 17.8. The molecule has 0 radical (unpaired) electrons. The fourth-order valence-corrected chi connectivity index (χ4v) is 3.88. The van der Waals surface area contributed by atoms with E-state index in [-0.39, 0.29) is 11.9 Å². The highest BCUT2D eigenvalue weighted by molar-refractivity contribution is 5.99. The zero-order valence-electron chi connectivity index (χ0n) is 17.8. The zero-order chi connectivity index (χ0) is 22.0. The lowest BCUT2D eigenvalue weighted by molar-refractivity contribution is 0.0889. The largest absolute Gasteiger partial charge is 0.493 e. The lowest BCUT2D eigenvalue weighted by Gasteiger charge is -2.16. The van der Waals surface area contributed by atoms with Gasteiger partial charge in [0.1, 0.15) is 0 Å². The number of carbonyl (C=O) groups is 1. The van der Waals surface area contributed by atoms with Crippen LogP contribution in [0.4, 0.5) is 0 Å². The van der Waals surface area contributed by atoms with Crippen LogP contribution in [0.1, 0.15) is 10.4 Å². The van der Waals surface area contributed by atoms with Crippen LogP contribution < -0.4 is 24.8 Å². The molecule has 162 valence electrons. The summed E-state index contributed by atoms with van der Waals surface area (Å²) in [6, 6.07) is 15.2. The third-order valence-electron chi connectivity index (χ3n) is 5.60. The second kappa shape index (κ2) is 8.83. The van der Waals surface area contributed by atoms with Crippen LogP contribution in [0.5, 0.6) is 17.2 Å². The number of carbonyl (C=O) groups excluding carboxylic acids is 1. The molecule has 0 aromatic heterocycles. The van der Waals surface area contributed by atoms with Crippen molar-refractivity contribution in [1.29, 1.82) is 0 Å². The van der Waals surface area contributed by atoms with Crippen molar-refractivity contribution in [3.8, 4) is 28.4 Å². The van der Waals surface area contributed by atoms with Gasteiger partial charge in [-0.3, -0.25) is 4.79 Å². The molecule has 4 rings (SSSR count). The third kappa shape index (κ3) is 4.15. The van der Waals surface area contributed by atoms with E-state index in [1.165, 1.54) is 0 Å². The van der Waals surface area contributed by atoms with E-state index in [9.17, 15) is 9.90 Å². The van der Waals surface area contributed by atoms with Crippen LogP contribution in [-0.2, 0) is 0 Å². The monoisotopic (exact) mass is 422 g/mol. The molecule has 31 heavy (non-hydrogen) atoms. The first kappa shape index (κ1) is 21.0. The maximum atomic E-state index is 12.6. The van der Waals surface area contributed by atoms with Crippen LogP contribution in [0, 0.1) is 0 Å². The molecular weight excluding hydrogens is 396 g/mol. The Morgan fingerprint density at radius 1 is 0.903 bits per heavy atom. The number of rotatable bonds is 6. The quantitative estimate of drug-likeness (QED) is 0.566. The summed E-state index contributed by atoms with van der Waals surface area (Å²) in [6.07, 6.45) is -0.564. The molecule has 1 fully saturated rings. The van der Waals surface area contributed by atoms with Crippen molar-refractivity contribution in [2.45, 2.75) is 12.1 Å². The zero-order valence-corrected chi connectivity index (χ0v) is 17.8. The van der Waals surface area contributed by atoms with Gasteiger partial charge in [0.05, 0.1) is 33.5 Å². The number of hydrogen-bond acceptors (Lipinski definition) is 6. The van der Waals surface area contributed by atoms with Gasteiger partial charge in [0.25, 0.3) is 5.91 Å². The fourth-order valence-electron chi connectivity index (χ4n) is 3.88. The molecule has 0 aliphatic carbocycles. The molecule has 1 aliphatic rings.